The van der Waals surface area contributed by atoms with Gasteiger partial charge in [0.25, 0.3) is 0 Å². The molecule has 1 aromatic rings. The van der Waals surface area contributed by atoms with Gasteiger partial charge in [0.2, 0.25) is 0 Å². The number of allylic oxidation sites excluding steroid dienone is 1. The van der Waals surface area contributed by atoms with Gasteiger partial charge in [-0.25, -0.2) is 9.97 Å². The van der Waals surface area contributed by atoms with Crippen LogP contribution in [0.4, 0.5) is 5.69 Å². The van der Waals surface area contributed by atoms with Crippen molar-refractivity contribution >= 4 is 5.69 Å². The van der Waals surface area contributed by atoms with Crippen LogP contribution >= 0.6 is 0 Å². The first kappa shape index (κ1) is 14.7. The van der Waals surface area contributed by atoms with Crippen LogP contribution in [-0.4, -0.2) is 9.97 Å². The van der Waals surface area contributed by atoms with Crippen molar-refractivity contribution in [1.29, 1.82) is 0 Å². The Labute approximate surface area is 111 Å². The van der Waals surface area contributed by atoms with Crippen LogP contribution in [0, 0.1) is 17.8 Å². The molecular formula is C15H25N3. The van der Waals surface area contributed by atoms with Crippen molar-refractivity contribution in [3.63, 3.8) is 0 Å². The lowest BCUT2D eigenvalue weighted by Crippen LogP contribution is -2.19. The highest BCUT2D eigenvalue weighted by molar-refractivity contribution is 5.47. The highest BCUT2D eigenvalue weighted by Crippen LogP contribution is 2.26. The third kappa shape index (κ3) is 3.31. The highest BCUT2D eigenvalue weighted by atomic mass is 14.9. The van der Waals surface area contributed by atoms with E-state index in [1.54, 1.807) is 6.33 Å². The van der Waals surface area contributed by atoms with Gasteiger partial charge in [0.05, 0.1) is 17.1 Å². The second kappa shape index (κ2) is 6.53. The van der Waals surface area contributed by atoms with Gasteiger partial charge in [-0.15, -0.1) is 6.58 Å². The van der Waals surface area contributed by atoms with Crippen LogP contribution in [0.25, 0.3) is 0 Å². The first-order chi connectivity index (χ1) is 8.51. The van der Waals surface area contributed by atoms with Crippen LogP contribution in [0.15, 0.2) is 19.0 Å². The van der Waals surface area contributed by atoms with Crippen molar-refractivity contribution in [3.05, 3.63) is 30.4 Å². The second-order valence-electron chi connectivity index (χ2n) is 5.27. The Balaban J connectivity index is 2.87. The smallest absolute Gasteiger partial charge is 0.116 e. The predicted octanol–water partition coefficient (Wildman–Crippen LogP) is 3.26. The number of aryl methyl sites for hydroxylation is 1. The molecule has 0 spiro atoms. The van der Waals surface area contributed by atoms with E-state index < -0.39 is 0 Å². The zero-order chi connectivity index (χ0) is 13.7. The van der Waals surface area contributed by atoms with E-state index in [2.05, 4.69) is 44.2 Å². The lowest BCUT2D eigenvalue weighted by Gasteiger charge is -2.24. The van der Waals surface area contributed by atoms with E-state index in [0.29, 0.717) is 17.8 Å². The van der Waals surface area contributed by atoms with Crippen molar-refractivity contribution in [2.45, 2.75) is 40.5 Å². The molecule has 2 N–H and O–H groups in total. The minimum Gasteiger partial charge on any atom is -0.396 e. The molecular weight excluding hydrogens is 222 g/mol. The van der Waals surface area contributed by atoms with E-state index in [4.69, 9.17) is 5.73 Å². The molecule has 1 heterocycles. The molecule has 0 aliphatic rings. The summed E-state index contributed by atoms with van der Waals surface area (Å²) >= 11 is 0. The molecule has 0 fully saturated rings. The van der Waals surface area contributed by atoms with Gasteiger partial charge < -0.3 is 5.73 Å². The summed E-state index contributed by atoms with van der Waals surface area (Å²) in [7, 11) is 0. The van der Waals surface area contributed by atoms with Crippen LogP contribution in [-0.2, 0) is 12.8 Å². The monoisotopic (exact) mass is 247 g/mol. The number of nitrogen functional groups attached to an aromatic ring is 1. The van der Waals surface area contributed by atoms with Crippen LogP contribution in [0.1, 0.15) is 39.1 Å². The Morgan fingerprint density at radius 2 is 1.89 bits per heavy atom. The van der Waals surface area contributed by atoms with Crippen molar-refractivity contribution < 1.29 is 0 Å². The quantitative estimate of drug-likeness (QED) is 0.785. The Morgan fingerprint density at radius 1 is 1.28 bits per heavy atom. The van der Waals surface area contributed by atoms with Crippen LogP contribution in [0.2, 0.25) is 0 Å². The largest absolute Gasteiger partial charge is 0.396 e. The summed E-state index contributed by atoms with van der Waals surface area (Å²) in [5.74, 6) is 1.57. The van der Waals surface area contributed by atoms with E-state index in [1.807, 2.05) is 6.08 Å². The lowest BCUT2D eigenvalue weighted by molar-refractivity contribution is 0.331. The van der Waals surface area contributed by atoms with Gasteiger partial charge >= 0.3 is 0 Å². The second-order valence-corrected chi connectivity index (χ2v) is 5.27. The molecule has 100 valence electrons. The Morgan fingerprint density at radius 3 is 2.39 bits per heavy atom. The van der Waals surface area contributed by atoms with E-state index >= 15 is 0 Å². The minimum atomic E-state index is 0.490. The SMILES string of the molecule is C=CC(C(C)C)C(C)Cc1ncnc(CC)c1N. The molecule has 0 saturated heterocycles. The van der Waals surface area contributed by atoms with Gasteiger partial charge in [0.15, 0.2) is 0 Å². The molecule has 0 aliphatic heterocycles. The number of hydrogen-bond donors (Lipinski definition) is 1. The summed E-state index contributed by atoms with van der Waals surface area (Å²) in [5, 5.41) is 0. The summed E-state index contributed by atoms with van der Waals surface area (Å²) in [5.41, 5.74) is 8.80. The molecule has 1 aromatic heterocycles. The molecule has 3 nitrogen and oxygen atoms in total. The van der Waals surface area contributed by atoms with E-state index in [9.17, 15) is 0 Å². The number of nitrogens with two attached hydrogens (primary N) is 1. The highest BCUT2D eigenvalue weighted by Gasteiger charge is 2.20. The first-order valence-corrected chi connectivity index (χ1v) is 6.72. The summed E-state index contributed by atoms with van der Waals surface area (Å²) in [6, 6.07) is 0. The van der Waals surface area contributed by atoms with E-state index in [-0.39, 0.29) is 0 Å². The molecule has 0 aliphatic carbocycles. The minimum absolute atomic E-state index is 0.490. The zero-order valence-corrected chi connectivity index (χ0v) is 12.0. The molecule has 0 aromatic carbocycles. The average Bonchev–Trinajstić information content (AvgIpc) is 2.32. The molecule has 0 saturated carbocycles. The number of nitrogens with zero attached hydrogens (tertiary/aromatic N) is 2. The van der Waals surface area contributed by atoms with Crippen molar-refractivity contribution in [3.8, 4) is 0 Å². The van der Waals surface area contributed by atoms with Gasteiger partial charge in [0, 0.05) is 0 Å². The molecule has 3 heteroatoms. The van der Waals surface area contributed by atoms with Gasteiger partial charge in [-0.05, 0) is 30.6 Å². The number of hydrogen-bond acceptors (Lipinski definition) is 3. The normalized spacial score (nSPS) is 14.5. The van der Waals surface area contributed by atoms with Gasteiger partial charge in [-0.2, -0.15) is 0 Å². The zero-order valence-electron chi connectivity index (χ0n) is 12.0. The average molecular weight is 247 g/mol. The van der Waals surface area contributed by atoms with Crippen LogP contribution in [0.5, 0.6) is 0 Å². The molecule has 0 bridgehead atoms. The predicted molar refractivity (Wildman–Crippen MR) is 77.2 cm³/mol. The Hall–Kier alpha value is -1.38. The number of rotatable bonds is 6. The molecule has 2 atom stereocenters. The maximum atomic E-state index is 6.11. The Bertz CT molecular complexity index is 399. The summed E-state index contributed by atoms with van der Waals surface area (Å²) in [6.45, 7) is 12.7. The number of aromatic nitrogens is 2. The fourth-order valence-electron chi connectivity index (χ4n) is 2.52. The fourth-order valence-corrected chi connectivity index (χ4v) is 2.52. The van der Waals surface area contributed by atoms with E-state index in [0.717, 1.165) is 29.9 Å². The van der Waals surface area contributed by atoms with Crippen molar-refractivity contribution in [1.82, 2.24) is 9.97 Å². The van der Waals surface area contributed by atoms with Gasteiger partial charge in [0.1, 0.15) is 6.33 Å². The molecule has 0 radical (unpaired) electrons. The summed E-state index contributed by atoms with van der Waals surface area (Å²) in [4.78, 5) is 8.54. The maximum absolute atomic E-state index is 6.11. The first-order valence-electron chi connectivity index (χ1n) is 6.72. The molecule has 2 unspecified atom stereocenters. The third-order valence-corrected chi connectivity index (χ3v) is 3.60. The fraction of sp³-hybridized carbons (Fsp3) is 0.600. The van der Waals surface area contributed by atoms with Crippen molar-refractivity contribution in [2.24, 2.45) is 17.8 Å². The third-order valence-electron chi connectivity index (χ3n) is 3.60. The lowest BCUT2D eigenvalue weighted by atomic mass is 9.82. The topological polar surface area (TPSA) is 51.8 Å². The van der Waals surface area contributed by atoms with Gasteiger partial charge in [-0.1, -0.05) is 33.8 Å². The van der Waals surface area contributed by atoms with Crippen molar-refractivity contribution in [2.75, 3.05) is 5.73 Å². The summed E-state index contributed by atoms with van der Waals surface area (Å²) < 4.78 is 0. The standard InChI is InChI=1S/C15H25N3/c1-6-12(10(3)4)11(5)8-14-15(16)13(7-2)17-9-18-14/h6,9-12H,1,7-8,16H2,2-5H3. The molecule has 0 amide bonds. The summed E-state index contributed by atoms with van der Waals surface area (Å²) in [6.07, 6.45) is 5.41. The van der Waals surface area contributed by atoms with Crippen LogP contribution < -0.4 is 5.73 Å². The number of anilines is 1. The molecule has 1 rings (SSSR count). The van der Waals surface area contributed by atoms with Gasteiger partial charge in [-0.3, -0.25) is 0 Å². The maximum Gasteiger partial charge on any atom is 0.116 e. The molecule has 18 heavy (non-hydrogen) atoms. The van der Waals surface area contributed by atoms with Crippen LogP contribution in [0.3, 0.4) is 0 Å². The Kier molecular flexibility index (Phi) is 5.32. The van der Waals surface area contributed by atoms with E-state index in [1.165, 1.54) is 0 Å².